The van der Waals surface area contributed by atoms with Crippen LogP contribution in [0.3, 0.4) is 0 Å². The third-order valence-corrected chi connectivity index (χ3v) is 5.30. The standard InChI is InChI=1S/C20H23NO8/c1-5-10-12(7-6-9-8-11(21)17(22)26-13(9)10)25-18-15-14(27-19(23)28-15)16(24-4)20(2,3)29-18/h6-8,14-16,18H,5,21H2,1-4H3/t14-,15+,16+,18+/m0/s1. The van der Waals surface area contributed by atoms with Gasteiger partial charge in [-0.3, -0.25) is 0 Å². The van der Waals surface area contributed by atoms with Crippen molar-refractivity contribution in [3.05, 3.63) is 34.2 Å². The maximum Gasteiger partial charge on any atom is 0.509 e. The molecular weight excluding hydrogens is 382 g/mol. The van der Waals surface area contributed by atoms with Crippen molar-refractivity contribution in [3.8, 4) is 5.75 Å². The molecule has 0 spiro atoms. The van der Waals surface area contributed by atoms with Gasteiger partial charge in [0.05, 0.1) is 5.60 Å². The zero-order valence-corrected chi connectivity index (χ0v) is 16.6. The van der Waals surface area contributed by atoms with Crippen LogP contribution in [0.25, 0.3) is 11.0 Å². The number of methoxy groups -OCH3 is 1. The smallest absolute Gasteiger partial charge is 0.460 e. The number of rotatable bonds is 4. The fourth-order valence-corrected chi connectivity index (χ4v) is 3.98. The minimum atomic E-state index is -0.934. The van der Waals surface area contributed by atoms with Crippen molar-refractivity contribution in [1.29, 1.82) is 0 Å². The number of anilines is 1. The van der Waals surface area contributed by atoms with Gasteiger partial charge in [-0.15, -0.1) is 0 Å². The Morgan fingerprint density at radius 3 is 2.59 bits per heavy atom. The second kappa shape index (κ2) is 6.93. The third-order valence-electron chi connectivity index (χ3n) is 5.30. The van der Waals surface area contributed by atoms with Gasteiger partial charge in [-0.1, -0.05) is 6.92 Å². The number of hydrogen-bond acceptors (Lipinski definition) is 9. The van der Waals surface area contributed by atoms with Crippen molar-refractivity contribution in [3.63, 3.8) is 0 Å². The van der Waals surface area contributed by atoms with Crippen molar-refractivity contribution >= 4 is 22.8 Å². The van der Waals surface area contributed by atoms with E-state index >= 15 is 0 Å². The minimum absolute atomic E-state index is 0.0362. The van der Waals surface area contributed by atoms with E-state index in [-0.39, 0.29) is 5.69 Å². The van der Waals surface area contributed by atoms with Gasteiger partial charge < -0.3 is 33.8 Å². The molecule has 0 amide bonds. The molecule has 9 heteroatoms. The van der Waals surface area contributed by atoms with Crippen molar-refractivity contribution in [2.45, 2.75) is 57.4 Å². The lowest BCUT2D eigenvalue weighted by atomic mass is 9.89. The van der Waals surface area contributed by atoms with Gasteiger partial charge in [0.15, 0.2) is 6.10 Å². The van der Waals surface area contributed by atoms with Crippen LogP contribution < -0.4 is 16.1 Å². The summed E-state index contributed by atoms with van der Waals surface area (Å²) in [7, 11) is 1.52. The monoisotopic (exact) mass is 405 g/mol. The second-order valence-corrected chi connectivity index (χ2v) is 7.58. The maximum absolute atomic E-state index is 11.9. The fraction of sp³-hybridized carbons (Fsp3) is 0.500. The lowest BCUT2D eigenvalue weighted by Crippen LogP contribution is -2.62. The van der Waals surface area contributed by atoms with Crippen LogP contribution in [0.4, 0.5) is 10.5 Å². The summed E-state index contributed by atoms with van der Waals surface area (Å²) in [6.07, 6.45) is -3.21. The quantitative estimate of drug-likeness (QED) is 0.604. The molecule has 4 rings (SSSR count). The van der Waals surface area contributed by atoms with Crippen LogP contribution in [0.2, 0.25) is 0 Å². The number of nitrogens with two attached hydrogens (primary N) is 1. The van der Waals surface area contributed by atoms with E-state index in [9.17, 15) is 9.59 Å². The Morgan fingerprint density at radius 2 is 1.90 bits per heavy atom. The van der Waals surface area contributed by atoms with E-state index in [1.54, 1.807) is 18.2 Å². The van der Waals surface area contributed by atoms with Crippen LogP contribution in [-0.4, -0.2) is 43.5 Å². The van der Waals surface area contributed by atoms with Crippen LogP contribution >= 0.6 is 0 Å². The van der Waals surface area contributed by atoms with Crippen LogP contribution in [0.1, 0.15) is 26.3 Å². The molecule has 0 radical (unpaired) electrons. The molecule has 4 atom stereocenters. The molecular formula is C20H23NO8. The Labute approximate surface area is 166 Å². The van der Waals surface area contributed by atoms with E-state index in [0.717, 1.165) is 0 Å². The molecule has 0 saturated carbocycles. The fourth-order valence-electron chi connectivity index (χ4n) is 3.98. The molecule has 2 N–H and O–H groups in total. The number of ether oxygens (including phenoxy) is 5. The second-order valence-electron chi connectivity index (χ2n) is 7.58. The van der Waals surface area contributed by atoms with Crippen LogP contribution in [-0.2, 0) is 25.4 Å². The summed E-state index contributed by atoms with van der Waals surface area (Å²) in [5.74, 6) is 0.450. The Kier molecular flexibility index (Phi) is 4.66. The number of nitrogen functional groups attached to an aromatic ring is 1. The number of hydrogen-bond donors (Lipinski definition) is 1. The Bertz CT molecular complexity index is 1010. The molecule has 156 valence electrons. The van der Waals surface area contributed by atoms with Gasteiger partial charge in [0.1, 0.15) is 23.1 Å². The molecule has 0 aliphatic carbocycles. The number of carbonyl (C=O) groups is 1. The normalized spacial score (nSPS) is 27.9. The number of carbonyl (C=O) groups excluding carboxylic acids is 1. The first-order valence-electron chi connectivity index (χ1n) is 9.35. The first-order valence-corrected chi connectivity index (χ1v) is 9.35. The van der Waals surface area contributed by atoms with Gasteiger partial charge >= 0.3 is 11.8 Å². The minimum Gasteiger partial charge on any atom is -0.460 e. The maximum atomic E-state index is 11.9. The molecule has 2 aliphatic heterocycles. The summed E-state index contributed by atoms with van der Waals surface area (Å²) in [6.45, 7) is 5.55. The highest BCUT2D eigenvalue weighted by molar-refractivity contribution is 5.84. The molecule has 1 aromatic carbocycles. The number of fused-ring (bicyclic) bond motifs is 2. The Balaban J connectivity index is 1.73. The topological polar surface area (TPSA) is 119 Å². The number of aryl methyl sites for hydroxylation is 1. The van der Waals surface area contributed by atoms with E-state index in [2.05, 4.69) is 0 Å². The van der Waals surface area contributed by atoms with Crippen molar-refractivity contribution in [2.24, 2.45) is 0 Å². The Morgan fingerprint density at radius 1 is 1.17 bits per heavy atom. The van der Waals surface area contributed by atoms with E-state index in [4.69, 9.17) is 33.8 Å². The summed E-state index contributed by atoms with van der Waals surface area (Å²) in [5, 5.41) is 0.684. The first-order chi connectivity index (χ1) is 13.7. The largest absolute Gasteiger partial charge is 0.509 e. The van der Waals surface area contributed by atoms with E-state index in [0.29, 0.717) is 28.7 Å². The lowest BCUT2D eigenvalue weighted by Gasteiger charge is -2.45. The average Bonchev–Trinajstić information content (AvgIpc) is 3.03. The molecule has 2 fully saturated rings. The highest BCUT2D eigenvalue weighted by Gasteiger charge is 2.59. The molecule has 3 heterocycles. The van der Waals surface area contributed by atoms with E-state index in [1.807, 2.05) is 20.8 Å². The molecule has 2 aliphatic rings. The van der Waals surface area contributed by atoms with Gasteiger partial charge in [0.2, 0.25) is 12.4 Å². The predicted molar refractivity (Wildman–Crippen MR) is 102 cm³/mol. The zero-order valence-electron chi connectivity index (χ0n) is 16.6. The van der Waals surface area contributed by atoms with Gasteiger partial charge in [-0.25, -0.2) is 9.59 Å². The highest BCUT2D eigenvalue weighted by atomic mass is 16.8. The van der Waals surface area contributed by atoms with Gasteiger partial charge in [0.25, 0.3) is 0 Å². The summed E-state index contributed by atoms with van der Waals surface area (Å²) in [4.78, 5) is 23.7. The van der Waals surface area contributed by atoms with Gasteiger partial charge in [-0.2, -0.15) is 0 Å². The van der Waals surface area contributed by atoms with Crippen LogP contribution in [0, 0.1) is 0 Å². The molecule has 2 aromatic rings. The molecule has 1 aromatic heterocycles. The summed E-state index contributed by atoms with van der Waals surface area (Å²) >= 11 is 0. The lowest BCUT2D eigenvalue weighted by molar-refractivity contribution is -0.282. The van der Waals surface area contributed by atoms with Crippen molar-refractivity contribution in [1.82, 2.24) is 0 Å². The van der Waals surface area contributed by atoms with Crippen molar-refractivity contribution in [2.75, 3.05) is 12.8 Å². The predicted octanol–water partition coefficient (Wildman–Crippen LogP) is 2.37. The van der Waals surface area contributed by atoms with Crippen LogP contribution in [0.15, 0.2) is 27.4 Å². The van der Waals surface area contributed by atoms with Crippen LogP contribution in [0.5, 0.6) is 5.75 Å². The highest BCUT2D eigenvalue weighted by Crippen LogP contribution is 2.39. The van der Waals surface area contributed by atoms with E-state index in [1.165, 1.54) is 7.11 Å². The summed E-state index contributed by atoms with van der Waals surface area (Å²) < 4.78 is 33.7. The SMILES string of the molecule is CCc1c(O[C@@H]2OC(C)(C)[C@H](OC)[C@H]3OC(=O)O[C@@H]23)ccc2cc(N)c(=O)oc12. The third kappa shape index (κ3) is 3.20. The first kappa shape index (κ1) is 19.5. The van der Waals surface area contributed by atoms with E-state index < -0.39 is 42.0 Å². The molecule has 2 saturated heterocycles. The summed E-state index contributed by atoms with van der Waals surface area (Å²) in [6, 6.07) is 5.05. The van der Waals surface area contributed by atoms with Crippen molar-refractivity contribution < 1.29 is 32.9 Å². The average molecular weight is 405 g/mol. The zero-order chi connectivity index (χ0) is 20.9. The van der Waals surface area contributed by atoms with Gasteiger partial charge in [-0.05, 0) is 38.5 Å². The summed E-state index contributed by atoms with van der Waals surface area (Å²) in [5.41, 5.74) is 5.35. The molecule has 9 nitrogen and oxygen atoms in total. The molecule has 29 heavy (non-hydrogen) atoms. The number of benzene rings is 1. The molecule has 0 unspecified atom stereocenters. The molecule has 0 bridgehead atoms. The Hall–Kier alpha value is -2.78. The van der Waals surface area contributed by atoms with Gasteiger partial charge in [0, 0.05) is 18.1 Å².